The summed E-state index contributed by atoms with van der Waals surface area (Å²) in [6, 6.07) is 0. The van der Waals surface area contributed by atoms with E-state index in [0.29, 0.717) is 11.7 Å². The first-order chi connectivity index (χ1) is 6.96. The van der Waals surface area contributed by atoms with E-state index in [0.717, 1.165) is 24.8 Å². The van der Waals surface area contributed by atoms with E-state index >= 15 is 0 Å². The largest absolute Gasteiger partial charge is 0.294 e. The highest BCUT2D eigenvalue weighted by Gasteiger charge is 2.39. The minimum Gasteiger partial charge on any atom is -0.294 e. The molecule has 0 aliphatic heterocycles. The van der Waals surface area contributed by atoms with Crippen molar-refractivity contribution in [3.63, 3.8) is 0 Å². The standard InChI is InChI=1S/C14H24O/c1-11(2)9-13(15)14(10-12(3)4)7-5-6-8-14/h9,12H,5-8,10H2,1-4H3. The van der Waals surface area contributed by atoms with E-state index in [4.69, 9.17) is 0 Å². The zero-order valence-corrected chi connectivity index (χ0v) is 10.6. The van der Waals surface area contributed by atoms with Crippen LogP contribution in [0.4, 0.5) is 0 Å². The maximum atomic E-state index is 12.2. The SMILES string of the molecule is CC(C)=CC(=O)C1(CC(C)C)CCCC1. The van der Waals surface area contributed by atoms with E-state index in [2.05, 4.69) is 13.8 Å². The predicted octanol–water partition coefficient (Wildman–Crippen LogP) is 4.13. The summed E-state index contributed by atoms with van der Waals surface area (Å²) in [6.07, 6.45) is 7.59. The highest BCUT2D eigenvalue weighted by atomic mass is 16.1. The normalized spacial score (nSPS) is 19.3. The van der Waals surface area contributed by atoms with Gasteiger partial charge in [0.1, 0.15) is 0 Å². The maximum Gasteiger partial charge on any atom is 0.161 e. The molecule has 1 fully saturated rings. The molecule has 1 rings (SSSR count). The average molecular weight is 208 g/mol. The van der Waals surface area contributed by atoms with Crippen LogP contribution < -0.4 is 0 Å². The zero-order valence-electron chi connectivity index (χ0n) is 10.6. The molecule has 0 aromatic heterocycles. The Morgan fingerprint density at radius 2 is 1.80 bits per heavy atom. The molecule has 0 atom stereocenters. The molecule has 0 unspecified atom stereocenters. The van der Waals surface area contributed by atoms with Crippen molar-refractivity contribution in [3.8, 4) is 0 Å². The molecule has 1 saturated carbocycles. The highest BCUT2D eigenvalue weighted by molar-refractivity contribution is 5.95. The van der Waals surface area contributed by atoms with Crippen LogP contribution in [0.1, 0.15) is 59.8 Å². The van der Waals surface area contributed by atoms with Crippen LogP contribution in [0.2, 0.25) is 0 Å². The molecule has 1 nitrogen and oxygen atoms in total. The zero-order chi connectivity index (χ0) is 11.5. The van der Waals surface area contributed by atoms with Crippen LogP contribution in [0.15, 0.2) is 11.6 Å². The van der Waals surface area contributed by atoms with Gasteiger partial charge in [-0.3, -0.25) is 4.79 Å². The van der Waals surface area contributed by atoms with Crippen molar-refractivity contribution in [3.05, 3.63) is 11.6 Å². The Bertz CT molecular complexity index is 251. The van der Waals surface area contributed by atoms with E-state index in [-0.39, 0.29) is 5.41 Å². The lowest BCUT2D eigenvalue weighted by Gasteiger charge is -2.28. The van der Waals surface area contributed by atoms with E-state index in [1.807, 2.05) is 19.9 Å². The minimum absolute atomic E-state index is 0.00850. The summed E-state index contributed by atoms with van der Waals surface area (Å²) in [5.41, 5.74) is 1.13. The number of carbonyl (C=O) groups is 1. The van der Waals surface area contributed by atoms with E-state index in [1.54, 1.807) is 0 Å². The van der Waals surface area contributed by atoms with Crippen molar-refractivity contribution in [1.29, 1.82) is 0 Å². The van der Waals surface area contributed by atoms with Gasteiger partial charge in [0.25, 0.3) is 0 Å². The van der Waals surface area contributed by atoms with Crippen molar-refractivity contribution in [2.24, 2.45) is 11.3 Å². The third-order valence-corrected chi connectivity index (χ3v) is 3.30. The van der Waals surface area contributed by atoms with Crippen LogP contribution in [0.3, 0.4) is 0 Å². The van der Waals surface area contributed by atoms with Crippen molar-refractivity contribution < 1.29 is 4.79 Å². The van der Waals surface area contributed by atoms with Gasteiger partial charge < -0.3 is 0 Å². The van der Waals surface area contributed by atoms with Crippen molar-refractivity contribution in [2.75, 3.05) is 0 Å². The molecule has 15 heavy (non-hydrogen) atoms. The quantitative estimate of drug-likeness (QED) is 0.635. The molecule has 0 heterocycles. The van der Waals surface area contributed by atoms with Gasteiger partial charge in [-0.2, -0.15) is 0 Å². The molecule has 0 spiro atoms. The summed E-state index contributed by atoms with van der Waals surface area (Å²) in [5.74, 6) is 1.01. The van der Waals surface area contributed by atoms with Crippen LogP contribution in [-0.2, 0) is 4.79 Å². The van der Waals surface area contributed by atoms with Gasteiger partial charge in [-0.1, -0.05) is 32.3 Å². The van der Waals surface area contributed by atoms with Gasteiger partial charge in [-0.25, -0.2) is 0 Å². The second kappa shape index (κ2) is 4.96. The molecular formula is C14H24O. The Labute approximate surface area is 93.9 Å². The minimum atomic E-state index is -0.00850. The maximum absolute atomic E-state index is 12.2. The van der Waals surface area contributed by atoms with Crippen molar-refractivity contribution in [2.45, 2.75) is 59.8 Å². The summed E-state index contributed by atoms with van der Waals surface area (Å²) in [7, 11) is 0. The predicted molar refractivity (Wildman–Crippen MR) is 64.8 cm³/mol. The van der Waals surface area contributed by atoms with Crippen LogP contribution in [0.5, 0.6) is 0 Å². The number of allylic oxidation sites excluding steroid dienone is 2. The summed E-state index contributed by atoms with van der Waals surface area (Å²) in [6.45, 7) is 8.46. The molecule has 0 N–H and O–H groups in total. The van der Waals surface area contributed by atoms with E-state index in [9.17, 15) is 4.79 Å². The number of hydrogen-bond donors (Lipinski definition) is 0. The summed E-state index contributed by atoms with van der Waals surface area (Å²) < 4.78 is 0. The lowest BCUT2D eigenvalue weighted by Crippen LogP contribution is -2.28. The van der Waals surface area contributed by atoms with E-state index in [1.165, 1.54) is 12.8 Å². The topological polar surface area (TPSA) is 17.1 Å². The molecule has 0 aromatic carbocycles. The van der Waals surface area contributed by atoms with Gasteiger partial charge in [-0.15, -0.1) is 0 Å². The van der Waals surface area contributed by atoms with Gasteiger partial charge >= 0.3 is 0 Å². The second-order valence-electron chi connectivity index (χ2n) is 5.67. The molecule has 1 heteroatoms. The number of hydrogen-bond acceptors (Lipinski definition) is 1. The van der Waals surface area contributed by atoms with Gasteiger partial charge in [0.2, 0.25) is 0 Å². The smallest absolute Gasteiger partial charge is 0.161 e. The van der Waals surface area contributed by atoms with Crippen molar-refractivity contribution in [1.82, 2.24) is 0 Å². The van der Waals surface area contributed by atoms with Crippen LogP contribution >= 0.6 is 0 Å². The molecule has 0 radical (unpaired) electrons. The summed E-state index contributed by atoms with van der Waals surface area (Å²) in [5, 5.41) is 0. The molecule has 86 valence electrons. The first kappa shape index (κ1) is 12.5. The van der Waals surface area contributed by atoms with Gasteiger partial charge in [0.05, 0.1) is 0 Å². The second-order valence-corrected chi connectivity index (χ2v) is 5.67. The summed E-state index contributed by atoms with van der Waals surface area (Å²) in [4.78, 5) is 12.2. The van der Waals surface area contributed by atoms with Gasteiger partial charge in [0.15, 0.2) is 5.78 Å². The number of ketones is 1. The summed E-state index contributed by atoms with van der Waals surface area (Å²) >= 11 is 0. The monoisotopic (exact) mass is 208 g/mol. The highest BCUT2D eigenvalue weighted by Crippen LogP contribution is 2.44. The molecule has 0 bridgehead atoms. The Balaban J connectivity index is 2.81. The number of rotatable bonds is 4. The van der Waals surface area contributed by atoms with Crippen LogP contribution in [-0.4, -0.2) is 5.78 Å². The fourth-order valence-electron chi connectivity index (χ4n) is 2.80. The third-order valence-electron chi connectivity index (χ3n) is 3.30. The fourth-order valence-corrected chi connectivity index (χ4v) is 2.80. The lowest BCUT2D eigenvalue weighted by molar-refractivity contribution is -0.124. The Morgan fingerprint density at radius 3 is 2.20 bits per heavy atom. The molecule has 0 saturated heterocycles. The van der Waals surface area contributed by atoms with Crippen LogP contribution in [0.25, 0.3) is 0 Å². The van der Waals surface area contributed by atoms with E-state index < -0.39 is 0 Å². The molecule has 0 aromatic rings. The molecule has 1 aliphatic rings. The Hall–Kier alpha value is -0.590. The molecule has 1 aliphatic carbocycles. The fraction of sp³-hybridized carbons (Fsp3) is 0.786. The van der Waals surface area contributed by atoms with Crippen molar-refractivity contribution >= 4 is 5.78 Å². The first-order valence-electron chi connectivity index (χ1n) is 6.16. The van der Waals surface area contributed by atoms with Crippen LogP contribution in [0, 0.1) is 11.3 Å². The Morgan fingerprint density at radius 1 is 1.27 bits per heavy atom. The first-order valence-corrected chi connectivity index (χ1v) is 6.16. The van der Waals surface area contributed by atoms with Gasteiger partial charge in [-0.05, 0) is 45.1 Å². The van der Waals surface area contributed by atoms with Gasteiger partial charge in [0, 0.05) is 5.41 Å². The third kappa shape index (κ3) is 3.19. The lowest BCUT2D eigenvalue weighted by atomic mass is 9.74. The Kier molecular flexibility index (Phi) is 4.12. The number of carbonyl (C=O) groups excluding carboxylic acids is 1. The average Bonchev–Trinajstić information content (AvgIpc) is 2.51. The molecule has 0 amide bonds. The molecular weight excluding hydrogens is 184 g/mol.